The number of carbonyl (C=O) groups excluding carboxylic acids is 1. The number of rotatable bonds is 6. The molecule has 33 heavy (non-hydrogen) atoms. The molecular formula is C26H35N3O3S. The monoisotopic (exact) mass is 469 g/mol. The first-order chi connectivity index (χ1) is 15.8. The Labute approximate surface area is 198 Å². The lowest BCUT2D eigenvalue weighted by Crippen LogP contribution is -2.43. The van der Waals surface area contributed by atoms with Crippen molar-refractivity contribution in [1.82, 2.24) is 9.62 Å². The highest BCUT2D eigenvalue weighted by atomic mass is 32.2. The van der Waals surface area contributed by atoms with E-state index in [9.17, 15) is 13.2 Å². The molecule has 1 amide bonds. The van der Waals surface area contributed by atoms with Crippen LogP contribution < -0.4 is 10.2 Å². The van der Waals surface area contributed by atoms with Crippen LogP contribution in [0.15, 0.2) is 59.5 Å². The fraction of sp³-hybridized carbons (Fsp3) is 0.500. The van der Waals surface area contributed by atoms with Gasteiger partial charge in [-0.05, 0) is 68.4 Å². The van der Waals surface area contributed by atoms with Crippen LogP contribution in [0.3, 0.4) is 0 Å². The molecule has 1 N–H and O–H groups in total. The molecule has 2 fully saturated rings. The summed E-state index contributed by atoms with van der Waals surface area (Å²) in [5.41, 5.74) is 2.33. The maximum atomic E-state index is 12.9. The van der Waals surface area contributed by atoms with Crippen molar-refractivity contribution in [2.75, 3.05) is 31.1 Å². The summed E-state index contributed by atoms with van der Waals surface area (Å²) in [6.07, 6.45) is 3.61. The van der Waals surface area contributed by atoms with E-state index in [1.807, 2.05) is 6.92 Å². The number of sulfonamides is 1. The van der Waals surface area contributed by atoms with Gasteiger partial charge in [0.2, 0.25) is 15.9 Å². The van der Waals surface area contributed by atoms with Crippen LogP contribution in [0.1, 0.15) is 51.1 Å². The van der Waals surface area contributed by atoms with Gasteiger partial charge < -0.3 is 10.2 Å². The van der Waals surface area contributed by atoms with Crippen LogP contribution in [0.25, 0.3) is 0 Å². The van der Waals surface area contributed by atoms with E-state index < -0.39 is 10.0 Å². The minimum absolute atomic E-state index is 0.00758. The second-order valence-corrected chi connectivity index (χ2v) is 11.4. The molecule has 0 spiro atoms. The first-order valence-electron chi connectivity index (χ1n) is 12.0. The Balaban J connectivity index is 1.30. The molecule has 0 unspecified atom stereocenters. The third kappa shape index (κ3) is 5.58. The smallest absolute Gasteiger partial charge is 0.243 e. The Hall–Kier alpha value is -2.38. The van der Waals surface area contributed by atoms with Gasteiger partial charge in [0, 0.05) is 37.8 Å². The van der Waals surface area contributed by atoms with Gasteiger partial charge in [-0.25, -0.2) is 8.42 Å². The van der Waals surface area contributed by atoms with Gasteiger partial charge in [0.1, 0.15) is 0 Å². The number of hydrogen-bond donors (Lipinski definition) is 1. The summed E-state index contributed by atoms with van der Waals surface area (Å²) in [5.74, 6) is 0.572. The fourth-order valence-corrected chi connectivity index (χ4v) is 6.40. The zero-order valence-corrected chi connectivity index (χ0v) is 20.4. The topological polar surface area (TPSA) is 69.7 Å². The molecule has 0 bridgehead atoms. The van der Waals surface area contributed by atoms with Gasteiger partial charge in [-0.3, -0.25) is 4.79 Å². The van der Waals surface area contributed by atoms with Crippen molar-refractivity contribution in [2.45, 2.75) is 50.5 Å². The standard InChI is InChI=1S/C26H35N3O3S/c1-20-7-6-16-28(19-20)24-12-10-22(11-13-24)21(2)27-26(30)23-14-17-29(18-15-23)33(31,32)25-8-4-3-5-9-25/h3-5,8-13,20-21,23H,6-7,14-19H2,1-2H3,(H,27,30)/t20-,21+/m1/s1. The molecule has 0 aliphatic carbocycles. The summed E-state index contributed by atoms with van der Waals surface area (Å²) in [5, 5.41) is 3.14. The van der Waals surface area contributed by atoms with Crippen LogP contribution in [0.4, 0.5) is 5.69 Å². The molecule has 178 valence electrons. The number of anilines is 1. The molecule has 2 aliphatic rings. The van der Waals surface area contributed by atoms with Crippen molar-refractivity contribution in [3.63, 3.8) is 0 Å². The van der Waals surface area contributed by atoms with Crippen molar-refractivity contribution >= 4 is 21.6 Å². The summed E-state index contributed by atoms with van der Waals surface area (Å²) in [4.78, 5) is 15.6. The lowest BCUT2D eigenvalue weighted by atomic mass is 9.96. The van der Waals surface area contributed by atoms with Gasteiger partial charge in [0.15, 0.2) is 0 Å². The van der Waals surface area contributed by atoms with E-state index in [2.05, 4.69) is 41.4 Å². The van der Waals surface area contributed by atoms with Crippen LogP contribution in [0.5, 0.6) is 0 Å². The SMILES string of the molecule is C[C@@H]1CCCN(c2ccc([C@H](C)NC(=O)C3CCN(S(=O)(=O)c4ccccc4)CC3)cc2)C1. The number of nitrogens with zero attached hydrogens (tertiary/aromatic N) is 2. The number of piperidine rings is 2. The molecule has 2 aliphatic heterocycles. The fourth-order valence-electron chi connectivity index (χ4n) is 4.91. The molecular weight excluding hydrogens is 434 g/mol. The van der Waals surface area contributed by atoms with Crippen molar-refractivity contribution in [1.29, 1.82) is 0 Å². The van der Waals surface area contributed by atoms with Gasteiger partial charge in [-0.15, -0.1) is 0 Å². The summed E-state index contributed by atoms with van der Waals surface area (Å²) >= 11 is 0. The minimum atomic E-state index is -3.50. The third-order valence-corrected chi connectivity index (χ3v) is 8.89. The molecule has 0 saturated carbocycles. The highest BCUT2D eigenvalue weighted by molar-refractivity contribution is 7.89. The first kappa shape index (κ1) is 23.8. The lowest BCUT2D eigenvalue weighted by Gasteiger charge is -2.33. The molecule has 7 heteroatoms. The zero-order valence-electron chi connectivity index (χ0n) is 19.6. The molecule has 2 heterocycles. The zero-order chi connectivity index (χ0) is 23.4. The second-order valence-electron chi connectivity index (χ2n) is 9.51. The van der Waals surface area contributed by atoms with Crippen LogP contribution >= 0.6 is 0 Å². The van der Waals surface area contributed by atoms with Gasteiger partial charge in [0.25, 0.3) is 0 Å². The van der Waals surface area contributed by atoms with Crippen molar-refractivity contribution in [2.24, 2.45) is 11.8 Å². The Kier molecular flexibility index (Phi) is 7.39. The van der Waals surface area contributed by atoms with Crippen molar-refractivity contribution < 1.29 is 13.2 Å². The summed E-state index contributed by atoms with van der Waals surface area (Å²) in [7, 11) is -3.50. The van der Waals surface area contributed by atoms with E-state index >= 15 is 0 Å². The maximum Gasteiger partial charge on any atom is 0.243 e. The molecule has 0 aromatic heterocycles. The van der Waals surface area contributed by atoms with E-state index in [1.54, 1.807) is 30.3 Å². The van der Waals surface area contributed by atoms with E-state index in [0.29, 0.717) is 30.8 Å². The normalized spacial score (nSPS) is 21.5. The van der Waals surface area contributed by atoms with Crippen LogP contribution in [0.2, 0.25) is 0 Å². The van der Waals surface area contributed by atoms with Gasteiger partial charge in [-0.2, -0.15) is 4.31 Å². The maximum absolute atomic E-state index is 12.9. The van der Waals surface area contributed by atoms with Crippen molar-refractivity contribution in [3.8, 4) is 0 Å². The third-order valence-electron chi connectivity index (χ3n) is 6.98. The molecule has 6 nitrogen and oxygen atoms in total. The summed E-state index contributed by atoms with van der Waals surface area (Å²) in [6, 6.07) is 16.9. The predicted octanol–water partition coefficient (Wildman–Crippen LogP) is 4.20. The van der Waals surface area contributed by atoms with E-state index in [4.69, 9.17) is 0 Å². The number of benzene rings is 2. The average molecular weight is 470 g/mol. The summed E-state index contributed by atoms with van der Waals surface area (Å²) in [6.45, 7) is 7.25. The van der Waals surface area contributed by atoms with E-state index in [0.717, 1.165) is 24.6 Å². The second kappa shape index (κ2) is 10.3. The van der Waals surface area contributed by atoms with Crippen LogP contribution in [0, 0.1) is 11.8 Å². The molecule has 2 aromatic carbocycles. The minimum Gasteiger partial charge on any atom is -0.371 e. The number of nitrogens with one attached hydrogen (secondary N) is 1. The lowest BCUT2D eigenvalue weighted by molar-refractivity contribution is -0.126. The molecule has 4 rings (SSSR count). The van der Waals surface area contributed by atoms with Crippen molar-refractivity contribution in [3.05, 3.63) is 60.2 Å². The van der Waals surface area contributed by atoms with E-state index in [1.165, 1.54) is 22.8 Å². The van der Waals surface area contributed by atoms with Gasteiger partial charge in [-0.1, -0.05) is 37.3 Å². The van der Waals surface area contributed by atoms with E-state index in [-0.39, 0.29) is 17.9 Å². The number of carbonyl (C=O) groups is 1. The molecule has 2 saturated heterocycles. The number of amides is 1. The quantitative estimate of drug-likeness (QED) is 0.688. The van der Waals surface area contributed by atoms with Crippen LogP contribution in [-0.4, -0.2) is 44.8 Å². The first-order valence-corrected chi connectivity index (χ1v) is 13.5. The summed E-state index contributed by atoms with van der Waals surface area (Å²) < 4.78 is 27.1. The number of hydrogen-bond acceptors (Lipinski definition) is 4. The van der Waals surface area contributed by atoms with Gasteiger partial charge in [0.05, 0.1) is 10.9 Å². The average Bonchev–Trinajstić information content (AvgIpc) is 2.84. The molecule has 0 radical (unpaired) electrons. The Morgan fingerprint density at radius 2 is 1.64 bits per heavy atom. The highest BCUT2D eigenvalue weighted by Crippen LogP contribution is 2.27. The Bertz CT molecular complexity index is 1030. The Morgan fingerprint density at radius 1 is 0.970 bits per heavy atom. The van der Waals surface area contributed by atoms with Crippen LogP contribution in [-0.2, 0) is 14.8 Å². The largest absolute Gasteiger partial charge is 0.371 e. The molecule has 2 atom stereocenters. The molecule has 2 aromatic rings. The predicted molar refractivity (Wildman–Crippen MR) is 132 cm³/mol. The van der Waals surface area contributed by atoms with Gasteiger partial charge >= 0.3 is 0 Å². The Morgan fingerprint density at radius 3 is 2.27 bits per heavy atom. The highest BCUT2D eigenvalue weighted by Gasteiger charge is 2.32.